The molecule has 0 aliphatic heterocycles. The standard InChI is InChI=1S/C13H22N2O2/c1-11(2)10-17-13-5-4-12(15-9-13)8-14-6-7-16-3/h4-5,9,11,14H,6-8,10H2,1-3H3. The summed E-state index contributed by atoms with van der Waals surface area (Å²) in [6.45, 7) is 7.29. The lowest BCUT2D eigenvalue weighted by Crippen LogP contribution is -2.19. The van der Waals surface area contributed by atoms with Crippen LogP contribution in [0.25, 0.3) is 0 Å². The Hall–Kier alpha value is -1.13. The second kappa shape index (κ2) is 8.03. The smallest absolute Gasteiger partial charge is 0.137 e. The molecule has 1 rings (SSSR count). The van der Waals surface area contributed by atoms with Crippen LogP contribution >= 0.6 is 0 Å². The van der Waals surface area contributed by atoms with Gasteiger partial charge in [0, 0.05) is 20.2 Å². The van der Waals surface area contributed by atoms with Crippen molar-refractivity contribution in [3.05, 3.63) is 24.0 Å². The van der Waals surface area contributed by atoms with E-state index in [1.54, 1.807) is 13.3 Å². The van der Waals surface area contributed by atoms with E-state index in [9.17, 15) is 0 Å². The molecule has 1 aromatic heterocycles. The van der Waals surface area contributed by atoms with Crippen molar-refractivity contribution in [1.82, 2.24) is 10.3 Å². The molecule has 96 valence electrons. The number of nitrogens with zero attached hydrogens (tertiary/aromatic N) is 1. The van der Waals surface area contributed by atoms with Gasteiger partial charge >= 0.3 is 0 Å². The molecule has 1 N–H and O–H groups in total. The molecule has 1 heterocycles. The minimum atomic E-state index is 0.533. The van der Waals surface area contributed by atoms with Crippen molar-refractivity contribution in [3.8, 4) is 5.75 Å². The summed E-state index contributed by atoms with van der Waals surface area (Å²) in [5.74, 6) is 1.37. The van der Waals surface area contributed by atoms with E-state index in [2.05, 4.69) is 24.1 Å². The van der Waals surface area contributed by atoms with E-state index in [1.165, 1.54) is 0 Å². The summed E-state index contributed by atoms with van der Waals surface area (Å²) >= 11 is 0. The van der Waals surface area contributed by atoms with E-state index in [0.29, 0.717) is 5.92 Å². The molecule has 17 heavy (non-hydrogen) atoms. The number of hydrogen-bond donors (Lipinski definition) is 1. The van der Waals surface area contributed by atoms with Gasteiger partial charge in [0.15, 0.2) is 0 Å². The number of aromatic nitrogens is 1. The molecular formula is C13H22N2O2. The highest BCUT2D eigenvalue weighted by atomic mass is 16.5. The molecule has 0 saturated carbocycles. The molecule has 0 unspecified atom stereocenters. The van der Waals surface area contributed by atoms with Crippen molar-refractivity contribution in [2.24, 2.45) is 5.92 Å². The third-order valence-electron chi connectivity index (χ3n) is 2.17. The van der Waals surface area contributed by atoms with Crippen LogP contribution in [0.2, 0.25) is 0 Å². The lowest BCUT2D eigenvalue weighted by atomic mass is 10.2. The Morgan fingerprint density at radius 3 is 2.76 bits per heavy atom. The Morgan fingerprint density at radius 2 is 2.18 bits per heavy atom. The van der Waals surface area contributed by atoms with Gasteiger partial charge in [0.2, 0.25) is 0 Å². The molecule has 0 bridgehead atoms. The van der Waals surface area contributed by atoms with Crippen LogP contribution in [0.3, 0.4) is 0 Å². The Morgan fingerprint density at radius 1 is 1.35 bits per heavy atom. The predicted octanol–water partition coefficient (Wildman–Crippen LogP) is 1.85. The summed E-state index contributed by atoms with van der Waals surface area (Å²) in [5.41, 5.74) is 1.01. The van der Waals surface area contributed by atoms with Gasteiger partial charge in [-0.2, -0.15) is 0 Å². The van der Waals surface area contributed by atoms with Crippen molar-refractivity contribution in [3.63, 3.8) is 0 Å². The minimum absolute atomic E-state index is 0.533. The molecule has 0 saturated heterocycles. The van der Waals surface area contributed by atoms with Crippen LogP contribution in [0.15, 0.2) is 18.3 Å². The van der Waals surface area contributed by atoms with Crippen LogP contribution in [-0.4, -0.2) is 31.9 Å². The maximum atomic E-state index is 5.56. The monoisotopic (exact) mass is 238 g/mol. The summed E-state index contributed by atoms with van der Waals surface area (Å²) < 4.78 is 10.5. The number of rotatable bonds is 8. The van der Waals surface area contributed by atoms with E-state index in [0.717, 1.165) is 37.7 Å². The van der Waals surface area contributed by atoms with E-state index >= 15 is 0 Å². The maximum absolute atomic E-state index is 5.56. The van der Waals surface area contributed by atoms with Crippen LogP contribution in [0.4, 0.5) is 0 Å². The van der Waals surface area contributed by atoms with Gasteiger partial charge in [0.1, 0.15) is 5.75 Å². The van der Waals surface area contributed by atoms with Crippen LogP contribution in [0.5, 0.6) is 5.75 Å². The van der Waals surface area contributed by atoms with E-state index in [1.807, 2.05) is 12.1 Å². The Bertz CT molecular complexity index is 299. The quantitative estimate of drug-likeness (QED) is 0.702. The van der Waals surface area contributed by atoms with Crippen molar-refractivity contribution in [2.75, 3.05) is 26.9 Å². The molecular weight excluding hydrogens is 216 g/mol. The molecule has 0 aliphatic rings. The zero-order valence-electron chi connectivity index (χ0n) is 10.9. The number of ether oxygens (including phenoxy) is 2. The van der Waals surface area contributed by atoms with Crippen LogP contribution in [0, 0.1) is 5.92 Å². The number of nitrogens with one attached hydrogen (secondary N) is 1. The number of pyridine rings is 1. The van der Waals surface area contributed by atoms with Gasteiger partial charge in [-0.05, 0) is 18.1 Å². The van der Waals surface area contributed by atoms with E-state index in [-0.39, 0.29) is 0 Å². The number of methoxy groups -OCH3 is 1. The molecule has 0 atom stereocenters. The van der Waals surface area contributed by atoms with Crippen molar-refractivity contribution < 1.29 is 9.47 Å². The fraction of sp³-hybridized carbons (Fsp3) is 0.615. The van der Waals surface area contributed by atoms with Crippen molar-refractivity contribution in [1.29, 1.82) is 0 Å². The summed E-state index contributed by atoms with van der Waals surface area (Å²) in [5, 5.41) is 3.24. The zero-order valence-corrected chi connectivity index (χ0v) is 10.9. The van der Waals surface area contributed by atoms with Gasteiger partial charge in [-0.1, -0.05) is 13.8 Å². The second-order valence-corrected chi connectivity index (χ2v) is 4.36. The first-order chi connectivity index (χ1) is 8.22. The highest BCUT2D eigenvalue weighted by Gasteiger charge is 1.98. The molecule has 0 aliphatic carbocycles. The molecule has 0 aromatic carbocycles. The van der Waals surface area contributed by atoms with Crippen LogP contribution in [0.1, 0.15) is 19.5 Å². The summed E-state index contributed by atoms with van der Waals surface area (Å²) in [7, 11) is 1.70. The normalized spacial score (nSPS) is 10.8. The largest absolute Gasteiger partial charge is 0.492 e. The van der Waals surface area contributed by atoms with Gasteiger partial charge < -0.3 is 14.8 Å². The topological polar surface area (TPSA) is 43.4 Å². The third-order valence-corrected chi connectivity index (χ3v) is 2.17. The first-order valence-corrected chi connectivity index (χ1v) is 5.99. The predicted molar refractivity (Wildman–Crippen MR) is 68.2 cm³/mol. The highest BCUT2D eigenvalue weighted by Crippen LogP contribution is 2.10. The summed E-state index contributed by atoms with van der Waals surface area (Å²) in [6, 6.07) is 3.94. The van der Waals surface area contributed by atoms with Crippen LogP contribution in [-0.2, 0) is 11.3 Å². The molecule has 4 nitrogen and oxygen atoms in total. The lowest BCUT2D eigenvalue weighted by Gasteiger charge is -2.09. The SMILES string of the molecule is COCCNCc1ccc(OCC(C)C)cn1. The average molecular weight is 238 g/mol. The Balaban J connectivity index is 2.29. The molecule has 0 fully saturated rings. The zero-order chi connectivity index (χ0) is 12.5. The van der Waals surface area contributed by atoms with E-state index < -0.39 is 0 Å². The Kier molecular flexibility index (Phi) is 6.58. The fourth-order valence-electron chi connectivity index (χ4n) is 1.25. The summed E-state index contributed by atoms with van der Waals surface area (Å²) in [6.07, 6.45) is 1.77. The first kappa shape index (κ1) is 13.9. The maximum Gasteiger partial charge on any atom is 0.137 e. The van der Waals surface area contributed by atoms with E-state index in [4.69, 9.17) is 9.47 Å². The van der Waals surface area contributed by atoms with Gasteiger partial charge in [0.25, 0.3) is 0 Å². The minimum Gasteiger partial charge on any atom is -0.492 e. The molecule has 0 radical (unpaired) electrons. The highest BCUT2D eigenvalue weighted by molar-refractivity contribution is 5.19. The second-order valence-electron chi connectivity index (χ2n) is 4.36. The number of hydrogen-bond acceptors (Lipinski definition) is 4. The van der Waals surface area contributed by atoms with Crippen LogP contribution < -0.4 is 10.1 Å². The van der Waals surface area contributed by atoms with Gasteiger partial charge in [-0.15, -0.1) is 0 Å². The van der Waals surface area contributed by atoms with Gasteiger partial charge in [0.05, 0.1) is 25.1 Å². The first-order valence-electron chi connectivity index (χ1n) is 5.99. The summed E-state index contributed by atoms with van der Waals surface area (Å²) in [4.78, 5) is 4.33. The molecule has 1 aromatic rings. The lowest BCUT2D eigenvalue weighted by molar-refractivity contribution is 0.199. The third kappa shape index (κ3) is 6.24. The van der Waals surface area contributed by atoms with Crippen molar-refractivity contribution >= 4 is 0 Å². The molecule has 0 amide bonds. The molecule has 0 spiro atoms. The Labute approximate surface area is 103 Å². The van der Waals surface area contributed by atoms with Gasteiger partial charge in [-0.25, -0.2) is 0 Å². The molecule has 4 heteroatoms. The van der Waals surface area contributed by atoms with Crippen molar-refractivity contribution in [2.45, 2.75) is 20.4 Å². The fourth-order valence-corrected chi connectivity index (χ4v) is 1.25. The average Bonchev–Trinajstić information content (AvgIpc) is 2.33. The van der Waals surface area contributed by atoms with Gasteiger partial charge in [-0.3, -0.25) is 4.98 Å².